The predicted octanol–water partition coefficient (Wildman–Crippen LogP) is 3.25. The van der Waals surface area contributed by atoms with E-state index in [1.807, 2.05) is 27.7 Å². The molecule has 1 saturated heterocycles. The van der Waals surface area contributed by atoms with Crippen LogP contribution in [0, 0.1) is 11.3 Å². The van der Waals surface area contributed by atoms with Crippen LogP contribution in [-0.2, 0) is 28.5 Å². The lowest BCUT2D eigenvalue weighted by Crippen LogP contribution is -2.55. The van der Waals surface area contributed by atoms with Crippen molar-refractivity contribution >= 4 is 53.5 Å². The number of benzene rings is 1. The van der Waals surface area contributed by atoms with Gasteiger partial charge in [0.25, 0.3) is 5.91 Å². The van der Waals surface area contributed by atoms with E-state index in [1.165, 1.54) is 0 Å². The molecule has 2 aliphatic rings. The Morgan fingerprint density at radius 3 is 2.26 bits per heavy atom. The second-order valence-corrected chi connectivity index (χ2v) is 17.1. The third-order valence-electron chi connectivity index (χ3n) is 7.89. The smallest absolute Gasteiger partial charge is 0.289 e. The number of carbonyl (C=O) groups excluding carboxylic acids is 5. The Morgan fingerprint density at radius 1 is 1.07 bits per heavy atom. The molecule has 0 radical (unpaired) electrons. The van der Waals surface area contributed by atoms with Crippen molar-refractivity contribution in [3.8, 4) is 0 Å². The lowest BCUT2D eigenvalue weighted by Gasteiger charge is -2.29. The molecule has 4 atom stereocenters. The molecule has 3 rings (SSSR count). The predicted molar refractivity (Wildman–Crippen MR) is 168 cm³/mol. The molecule has 1 aliphatic heterocycles. The molecule has 0 aromatic heterocycles. The van der Waals surface area contributed by atoms with Crippen LogP contribution in [0.1, 0.15) is 84.1 Å². The Labute approximate surface area is 259 Å². The number of amides is 4. The average Bonchev–Trinajstić information content (AvgIpc) is 3.63. The van der Waals surface area contributed by atoms with Crippen LogP contribution in [0.2, 0.25) is 5.02 Å². The normalized spacial score (nSPS) is 19.1. The quantitative estimate of drug-likeness (QED) is 0.182. The standard InChI is InChI=1S/C31H46ClN4O6P/c1-7-18(22-11-10-21(16-23(22)32)43(5,6)42)15-26(37)35-25(17-31(2,3)4)29(40)36-24(14-19-12-13-33-28(19)39)27(38)30(41)34-20-8-9-20/h10-11,16,18-20,24-25H,7-9,12-15,17H2,1-6H3,(H,33,39)(H,34,41)(H,35,37)(H,36,40)/t18-,19+,24?,25+/m1/s1. The summed E-state index contributed by atoms with van der Waals surface area (Å²) < 4.78 is 12.5. The number of hydrogen-bond acceptors (Lipinski definition) is 6. The largest absolute Gasteiger partial charge is 0.356 e. The van der Waals surface area contributed by atoms with Gasteiger partial charge in [0.15, 0.2) is 0 Å². The van der Waals surface area contributed by atoms with E-state index in [9.17, 15) is 28.5 Å². The van der Waals surface area contributed by atoms with Crippen molar-refractivity contribution in [1.82, 2.24) is 21.3 Å². The summed E-state index contributed by atoms with van der Waals surface area (Å²) in [5, 5.41) is 12.0. The van der Waals surface area contributed by atoms with E-state index in [0.717, 1.165) is 18.4 Å². The number of carbonyl (C=O) groups is 5. The van der Waals surface area contributed by atoms with Crippen LogP contribution in [-0.4, -0.2) is 67.4 Å². The number of ketones is 1. The minimum Gasteiger partial charge on any atom is -0.356 e. The second kappa shape index (κ2) is 14.4. The van der Waals surface area contributed by atoms with E-state index in [-0.39, 0.29) is 48.5 Å². The summed E-state index contributed by atoms with van der Waals surface area (Å²) in [5.41, 5.74) is 0.400. The van der Waals surface area contributed by atoms with Crippen molar-refractivity contribution < 1.29 is 28.5 Å². The molecule has 4 N–H and O–H groups in total. The van der Waals surface area contributed by atoms with E-state index in [0.29, 0.717) is 29.7 Å². The first-order chi connectivity index (χ1) is 20.0. The molecular weight excluding hydrogens is 591 g/mol. The SMILES string of the molecule is CC[C@H](CC(=O)N[C@@H](CC(C)(C)C)C(=O)NC(C[C@@H]1CCNC1=O)C(=O)C(=O)NC1CC1)c1ccc(P(C)(C)=O)cc1Cl. The molecular formula is C31H46ClN4O6P. The van der Waals surface area contributed by atoms with Gasteiger partial charge in [-0.2, -0.15) is 0 Å². The summed E-state index contributed by atoms with van der Waals surface area (Å²) >= 11 is 6.55. The fourth-order valence-corrected chi connectivity index (χ4v) is 6.54. The van der Waals surface area contributed by atoms with Crippen molar-refractivity contribution in [3.05, 3.63) is 28.8 Å². The molecule has 43 heavy (non-hydrogen) atoms. The van der Waals surface area contributed by atoms with Crippen LogP contribution in [0.3, 0.4) is 0 Å². The molecule has 1 aromatic rings. The molecule has 1 saturated carbocycles. The average molecular weight is 637 g/mol. The van der Waals surface area contributed by atoms with Crippen LogP contribution in [0.15, 0.2) is 18.2 Å². The first-order valence-corrected chi connectivity index (χ1v) is 18.0. The van der Waals surface area contributed by atoms with Crippen molar-refractivity contribution in [2.24, 2.45) is 11.3 Å². The van der Waals surface area contributed by atoms with Gasteiger partial charge < -0.3 is 25.8 Å². The third kappa shape index (κ3) is 10.5. The number of Topliss-reactive ketones (excluding diaryl/α,β-unsaturated/α-hetero) is 1. The van der Waals surface area contributed by atoms with Gasteiger partial charge in [-0.15, -0.1) is 0 Å². The maximum absolute atomic E-state index is 13.6. The summed E-state index contributed by atoms with van der Waals surface area (Å²) in [5.74, 6) is -3.49. The number of halogens is 1. The van der Waals surface area contributed by atoms with Crippen LogP contribution in [0.5, 0.6) is 0 Å². The molecule has 1 unspecified atom stereocenters. The van der Waals surface area contributed by atoms with Gasteiger partial charge in [0.2, 0.25) is 23.5 Å². The van der Waals surface area contributed by atoms with E-state index < -0.39 is 42.7 Å². The summed E-state index contributed by atoms with van der Waals surface area (Å²) in [4.78, 5) is 65.0. The highest BCUT2D eigenvalue weighted by Crippen LogP contribution is 2.38. The van der Waals surface area contributed by atoms with Gasteiger partial charge in [-0.05, 0) is 74.8 Å². The molecule has 10 nitrogen and oxygen atoms in total. The highest BCUT2D eigenvalue weighted by Gasteiger charge is 2.37. The van der Waals surface area contributed by atoms with Gasteiger partial charge in [-0.25, -0.2) is 0 Å². The molecule has 1 aliphatic carbocycles. The monoisotopic (exact) mass is 636 g/mol. The summed E-state index contributed by atoms with van der Waals surface area (Å²) in [7, 11) is -2.50. The Morgan fingerprint density at radius 2 is 1.74 bits per heavy atom. The number of hydrogen-bond donors (Lipinski definition) is 4. The van der Waals surface area contributed by atoms with Gasteiger partial charge in [-0.1, -0.05) is 51.4 Å². The zero-order valence-electron chi connectivity index (χ0n) is 26.1. The van der Waals surface area contributed by atoms with Crippen molar-refractivity contribution in [3.63, 3.8) is 0 Å². The Bertz CT molecular complexity index is 1290. The molecule has 1 heterocycles. The maximum Gasteiger partial charge on any atom is 0.289 e. The number of nitrogens with one attached hydrogen (secondary N) is 4. The topological polar surface area (TPSA) is 151 Å². The molecule has 4 amide bonds. The Hall–Kier alpha value is -2.71. The first kappa shape index (κ1) is 34.8. The van der Waals surface area contributed by atoms with Crippen molar-refractivity contribution in [1.29, 1.82) is 0 Å². The van der Waals surface area contributed by atoms with Crippen LogP contribution >= 0.6 is 18.7 Å². The van der Waals surface area contributed by atoms with Crippen LogP contribution in [0.25, 0.3) is 0 Å². The molecule has 1 aromatic carbocycles. The highest BCUT2D eigenvalue weighted by atomic mass is 35.5. The van der Waals surface area contributed by atoms with Gasteiger partial charge in [0, 0.05) is 35.3 Å². The molecule has 2 fully saturated rings. The van der Waals surface area contributed by atoms with Gasteiger partial charge in [0.1, 0.15) is 13.2 Å². The van der Waals surface area contributed by atoms with E-state index in [2.05, 4.69) is 21.3 Å². The summed E-state index contributed by atoms with van der Waals surface area (Å²) in [6.45, 7) is 11.6. The Balaban J connectivity index is 1.76. The maximum atomic E-state index is 13.6. The fourth-order valence-electron chi connectivity index (χ4n) is 5.26. The molecule has 0 spiro atoms. The van der Waals surface area contributed by atoms with Gasteiger partial charge >= 0.3 is 0 Å². The zero-order chi connectivity index (χ0) is 32.1. The minimum absolute atomic E-state index is 0.000464. The minimum atomic E-state index is -2.50. The second-order valence-electron chi connectivity index (χ2n) is 13.4. The lowest BCUT2D eigenvalue weighted by atomic mass is 9.87. The van der Waals surface area contributed by atoms with E-state index >= 15 is 0 Å². The van der Waals surface area contributed by atoms with Gasteiger partial charge in [-0.3, -0.25) is 24.0 Å². The first-order valence-electron chi connectivity index (χ1n) is 15.1. The van der Waals surface area contributed by atoms with Crippen LogP contribution in [0.4, 0.5) is 0 Å². The molecule has 12 heteroatoms. The molecule has 0 bridgehead atoms. The highest BCUT2D eigenvalue weighted by molar-refractivity contribution is 7.70. The summed E-state index contributed by atoms with van der Waals surface area (Å²) in [6, 6.07) is 3.05. The number of rotatable bonds is 14. The fraction of sp³-hybridized carbons (Fsp3) is 0.645. The zero-order valence-corrected chi connectivity index (χ0v) is 27.7. The van der Waals surface area contributed by atoms with Crippen LogP contribution < -0.4 is 26.6 Å². The summed E-state index contributed by atoms with van der Waals surface area (Å²) in [6.07, 6.45) is 3.04. The van der Waals surface area contributed by atoms with Crippen molar-refractivity contribution in [2.75, 3.05) is 19.9 Å². The molecule has 238 valence electrons. The third-order valence-corrected chi connectivity index (χ3v) is 9.74. The van der Waals surface area contributed by atoms with Gasteiger partial charge in [0.05, 0.1) is 6.04 Å². The van der Waals surface area contributed by atoms with E-state index in [1.54, 1.807) is 31.5 Å². The van der Waals surface area contributed by atoms with E-state index in [4.69, 9.17) is 11.6 Å². The lowest BCUT2D eigenvalue weighted by molar-refractivity contribution is -0.141. The van der Waals surface area contributed by atoms with Crippen molar-refractivity contribution in [2.45, 2.75) is 96.7 Å². The Kier molecular flexibility index (Phi) is 11.6.